The van der Waals surface area contributed by atoms with Crippen molar-refractivity contribution in [3.63, 3.8) is 0 Å². The molecule has 2 N–H and O–H groups in total. The minimum absolute atomic E-state index is 0.150. The van der Waals surface area contributed by atoms with Crippen LogP contribution >= 0.6 is 11.8 Å². The van der Waals surface area contributed by atoms with Gasteiger partial charge in [0.15, 0.2) is 5.82 Å². The molecule has 8 heteroatoms. The molecule has 1 amide bonds. The number of H-pyrrole nitrogens is 1. The molecule has 2 aromatic heterocycles. The van der Waals surface area contributed by atoms with Gasteiger partial charge in [0, 0.05) is 60.1 Å². The van der Waals surface area contributed by atoms with Crippen molar-refractivity contribution in [2.75, 3.05) is 42.7 Å². The van der Waals surface area contributed by atoms with Crippen LogP contribution in [0.3, 0.4) is 0 Å². The molecule has 5 rings (SSSR count). The van der Waals surface area contributed by atoms with E-state index in [0.29, 0.717) is 0 Å². The number of carbonyl (C=O) groups excluding carboxylic acids is 1. The first-order valence-electron chi connectivity index (χ1n) is 10.3. The van der Waals surface area contributed by atoms with Crippen LogP contribution in [0.25, 0.3) is 21.8 Å². The molecule has 31 heavy (non-hydrogen) atoms. The van der Waals surface area contributed by atoms with E-state index in [1.165, 1.54) is 4.90 Å². The number of amides is 1. The number of nitrogens with one attached hydrogen (secondary N) is 2. The van der Waals surface area contributed by atoms with E-state index in [0.717, 1.165) is 65.2 Å². The Morgan fingerprint density at radius 3 is 2.55 bits per heavy atom. The monoisotopic (exact) mass is 432 g/mol. The number of benzene rings is 2. The molecule has 3 heterocycles. The summed E-state index contributed by atoms with van der Waals surface area (Å²) in [6.07, 6.45) is 3.93. The Hall–Kier alpha value is -3.26. The van der Waals surface area contributed by atoms with E-state index < -0.39 is 0 Å². The van der Waals surface area contributed by atoms with Gasteiger partial charge in [0.05, 0.1) is 11.7 Å². The summed E-state index contributed by atoms with van der Waals surface area (Å²) in [6, 6.07) is 14.7. The molecule has 158 valence electrons. The van der Waals surface area contributed by atoms with Gasteiger partial charge in [-0.1, -0.05) is 0 Å². The molecule has 0 spiro atoms. The molecule has 2 aromatic carbocycles. The van der Waals surface area contributed by atoms with Crippen LogP contribution in [0.15, 0.2) is 53.6 Å². The van der Waals surface area contributed by atoms with Gasteiger partial charge in [0.25, 0.3) is 0 Å². The molecule has 1 saturated heterocycles. The number of pyridine rings is 1. The summed E-state index contributed by atoms with van der Waals surface area (Å²) in [5.74, 6) is 0.914. The molecule has 4 aromatic rings. The predicted molar refractivity (Wildman–Crippen MR) is 127 cm³/mol. The third-order valence-electron chi connectivity index (χ3n) is 5.82. The van der Waals surface area contributed by atoms with E-state index in [1.54, 1.807) is 18.7 Å². The van der Waals surface area contributed by atoms with Crippen LogP contribution in [0, 0.1) is 0 Å². The number of hydrogen-bond acceptors (Lipinski definition) is 6. The van der Waals surface area contributed by atoms with Gasteiger partial charge in [-0.3, -0.25) is 9.89 Å². The van der Waals surface area contributed by atoms with Crippen LogP contribution in [0.4, 0.5) is 17.2 Å². The highest BCUT2D eigenvalue weighted by atomic mass is 32.2. The fourth-order valence-corrected chi connectivity index (χ4v) is 4.50. The topological polar surface area (TPSA) is 77.2 Å². The molecule has 1 aliphatic heterocycles. The average Bonchev–Trinajstić information content (AvgIpc) is 3.30. The number of fused-ring (bicyclic) bond motifs is 3. The van der Waals surface area contributed by atoms with Crippen LogP contribution in [-0.2, 0) is 4.79 Å². The summed E-state index contributed by atoms with van der Waals surface area (Å²) in [5.41, 5.74) is 3.97. The van der Waals surface area contributed by atoms with Crippen molar-refractivity contribution >= 4 is 56.7 Å². The Morgan fingerprint density at radius 2 is 1.84 bits per heavy atom. The quantitative estimate of drug-likeness (QED) is 0.470. The van der Waals surface area contributed by atoms with Crippen molar-refractivity contribution in [2.45, 2.75) is 11.8 Å². The molecule has 0 unspecified atom stereocenters. The van der Waals surface area contributed by atoms with Gasteiger partial charge in [-0.25, -0.2) is 4.98 Å². The van der Waals surface area contributed by atoms with Gasteiger partial charge < -0.3 is 15.1 Å². The number of aromatic amines is 1. The zero-order valence-corrected chi connectivity index (χ0v) is 18.4. The molecule has 0 radical (unpaired) electrons. The largest absolute Gasteiger partial charge is 0.368 e. The third kappa shape index (κ3) is 3.79. The van der Waals surface area contributed by atoms with Gasteiger partial charge in [-0.2, -0.15) is 5.10 Å². The Labute approximate surface area is 184 Å². The lowest BCUT2D eigenvalue weighted by Gasteiger charge is -2.35. The van der Waals surface area contributed by atoms with E-state index in [2.05, 4.69) is 69.1 Å². The molecule has 0 atom stereocenters. The molecule has 1 aliphatic rings. The van der Waals surface area contributed by atoms with E-state index in [-0.39, 0.29) is 5.91 Å². The first kappa shape index (κ1) is 19.7. The number of thioether (sulfide) groups is 1. The molecule has 1 fully saturated rings. The molecular formula is C23H24N6OS. The van der Waals surface area contributed by atoms with Gasteiger partial charge in [-0.05, 0) is 48.7 Å². The van der Waals surface area contributed by atoms with Gasteiger partial charge in [0.2, 0.25) is 5.91 Å². The van der Waals surface area contributed by atoms with Crippen molar-refractivity contribution in [3.05, 3.63) is 48.7 Å². The standard InChI is InChI=1S/C23H24N6OS/c1-15(30)28-9-11-29(12-10-28)17-5-3-16(4-6-17)25-23-22-20(14-24-27-22)19-13-18(31-2)7-8-21(19)26-23/h3-8,13-14H,9-12H2,1-2H3,(H,24,27)(H,25,26). The van der Waals surface area contributed by atoms with Crippen LogP contribution in [0.2, 0.25) is 0 Å². The summed E-state index contributed by atoms with van der Waals surface area (Å²) in [5, 5.41) is 13.0. The number of anilines is 3. The Morgan fingerprint density at radius 1 is 1.06 bits per heavy atom. The van der Waals surface area contributed by atoms with Gasteiger partial charge in [0.1, 0.15) is 5.52 Å². The number of carbonyl (C=O) groups is 1. The lowest BCUT2D eigenvalue weighted by Crippen LogP contribution is -2.48. The Kier molecular flexibility index (Phi) is 5.15. The van der Waals surface area contributed by atoms with Crippen molar-refractivity contribution < 1.29 is 4.79 Å². The smallest absolute Gasteiger partial charge is 0.219 e. The summed E-state index contributed by atoms with van der Waals surface area (Å²) in [7, 11) is 0. The van der Waals surface area contributed by atoms with Crippen LogP contribution in [0.1, 0.15) is 6.92 Å². The third-order valence-corrected chi connectivity index (χ3v) is 6.55. The van der Waals surface area contributed by atoms with E-state index in [4.69, 9.17) is 4.98 Å². The first-order valence-corrected chi connectivity index (χ1v) is 11.5. The minimum atomic E-state index is 0.150. The van der Waals surface area contributed by atoms with Gasteiger partial charge in [-0.15, -0.1) is 11.8 Å². The van der Waals surface area contributed by atoms with Crippen LogP contribution in [0.5, 0.6) is 0 Å². The van der Waals surface area contributed by atoms with Crippen molar-refractivity contribution in [3.8, 4) is 0 Å². The second-order valence-corrected chi connectivity index (χ2v) is 8.55. The molecular weight excluding hydrogens is 408 g/mol. The van der Waals surface area contributed by atoms with Crippen LogP contribution in [-0.4, -0.2) is 58.4 Å². The average molecular weight is 433 g/mol. The maximum Gasteiger partial charge on any atom is 0.219 e. The van der Waals surface area contributed by atoms with Crippen LogP contribution < -0.4 is 10.2 Å². The summed E-state index contributed by atoms with van der Waals surface area (Å²) < 4.78 is 0. The molecule has 0 saturated carbocycles. The minimum Gasteiger partial charge on any atom is -0.368 e. The zero-order chi connectivity index (χ0) is 21.4. The van der Waals surface area contributed by atoms with Gasteiger partial charge >= 0.3 is 0 Å². The highest BCUT2D eigenvalue weighted by Crippen LogP contribution is 2.32. The number of hydrogen-bond donors (Lipinski definition) is 2. The summed E-state index contributed by atoms with van der Waals surface area (Å²) in [4.78, 5) is 21.8. The maximum atomic E-state index is 11.5. The van der Waals surface area contributed by atoms with E-state index in [1.807, 2.05) is 11.1 Å². The predicted octanol–water partition coefficient (Wildman–Crippen LogP) is 4.25. The van der Waals surface area contributed by atoms with Crippen molar-refractivity contribution in [1.82, 2.24) is 20.1 Å². The number of rotatable bonds is 4. The fraction of sp³-hybridized carbons (Fsp3) is 0.261. The lowest BCUT2D eigenvalue weighted by molar-refractivity contribution is -0.129. The van der Waals surface area contributed by atoms with E-state index >= 15 is 0 Å². The Balaban J connectivity index is 1.38. The fourth-order valence-electron chi connectivity index (χ4n) is 4.06. The molecule has 0 bridgehead atoms. The number of piperazine rings is 1. The lowest BCUT2D eigenvalue weighted by atomic mass is 10.1. The summed E-state index contributed by atoms with van der Waals surface area (Å²) >= 11 is 1.72. The molecule has 0 aliphatic carbocycles. The number of aromatic nitrogens is 3. The zero-order valence-electron chi connectivity index (χ0n) is 17.6. The second kappa shape index (κ2) is 8.11. The maximum absolute atomic E-state index is 11.5. The highest BCUT2D eigenvalue weighted by molar-refractivity contribution is 7.98. The van der Waals surface area contributed by atoms with E-state index in [9.17, 15) is 4.79 Å². The van der Waals surface area contributed by atoms with Crippen molar-refractivity contribution in [2.24, 2.45) is 0 Å². The SMILES string of the molecule is CSc1ccc2nc(Nc3ccc(N4CCN(C(C)=O)CC4)cc3)c3[nH]ncc3c2c1. The first-order chi connectivity index (χ1) is 15.1. The number of nitrogens with zero attached hydrogens (tertiary/aromatic N) is 4. The summed E-state index contributed by atoms with van der Waals surface area (Å²) in [6.45, 7) is 4.88. The molecule has 7 nitrogen and oxygen atoms in total. The highest BCUT2D eigenvalue weighted by Gasteiger charge is 2.19. The normalized spacial score (nSPS) is 14.4. The van der Waals surface area contributed by atoms with Crippen molar-refractivity contribution in [1.29, 1.82) is 0 Å². The second-order valence-electron chi connectivity index (χ2n) is 7.67. The Bertz CT molecular complexity index is 1240.